The predicted molar refractivity (Wildman–Crippen MR) is 183 cm³/mol. The van der Waals surface area contributed by atoms with Crippen LogP contribution in [-0.4, -0.2) is 48.4 Å². The quantitative estimate of drug-likeness (QED) is 0.119. The van der Waals surface area contributed by atoms with E-state index >= 15 is 0 Å². The van der Waals surface area contributed by atoms with Crippen molar-refractivity contribution < 1.29 is 33.3 Å². The average molecular weight is 661 g/mol. The standard InChI is InChI=1S/C40H36O7S/c41-38(31-20-10-3-11-21-31)45-28-34-35(43-26-29-16-6-1-7-17-29)36(47-39(42)32-22-12-4-13-23-32)37(44-27-30-18-8-2-9-19-30)40(46-34)48-33-24-14-5-15-25-33/h1-25,34-37,40H,26-28H2/t34-,35-,36+,37+,40-/m1/s1. The van der Waals surface area contributed by atoms with Gasteiger partial charge < -0.3 is 23.7 Å². The first-order valence-corrected chi connectivity index (χ1v) is 16.7. The molecule has 0 bridgehead atoms. The molecule has 0 N–H and O–H groups in total. The lowest BCUT2D eigenvalue weighted by molar-refractivity contribution is -0.236. The summed E-state index contributed by atoms with van der Waals surface area (Å²) < 4.78 is 32.1. The Morgan fingerprint density at radius 3 is 1.54 bits per heavy atom. The molecule has 0 aliphatic carbocycles. The molecular formula is C40H36O7S. The third kappa shape index (κ3) is 8.99. The summed E-state index contributed by atoms with van der Waals surface area (Å²) in [4.78, 5) is 27.7. The van der Waals surface area contributed by atoms with Gasteiger partial charge in [0, 0.05) is 4.90 Å². The van der Waals surface area contributed by atoms with Crippen LogP contribution in [0.15, 0.2) is 157 Å². The third-order valence-electron chi connectivity index (χ3n) is 7.80. The molecule has 244 valence electrons. The van der Waals surface area contributed by atoms with Crippen molar-refractivity contribution in [2.75, 3.05) is 6.61 Å². The molecule has 5 aromatic carbocycles. The van der Waals surface area contributed by atoms with Crippen LogP contribution in [-0.2, 0) is 36.9 Å². The van der Waals surface area contributed by atoms with E-state index in [0.717, 1.165) is 16.0 Å². The zero-order valence-corrected chi connectivity index (χ0v) is 27.0. The minimum absolute atomic E-state index is 0.135. The van der Waals surface area contributed by atoms with Gasteiger partial charge >= 0.3 is 11.9 Å². The van der Waals surface area contributed by atoms with E-state index in [4.69, 9.17) is 23.7 Å². The average Bonchev–Trinajstić information content (AvgIpc) is 3.15. The van der Waals surface area contributed by atoms with Gasteiger partial charge in [-0.15, -0.1) is 0 Å². The van der Waals surface area contributed by atoms with Crippen LogP contribution >= 0.6 is 11.8 Å². The highest BCUT2D eigenvalue weighted by Crippen LogP contribution is 2.38. The molecule has 6 rings (SSSR count). The highest BCUT2D eigenvalue weighted by molar-refractivity contribution is 7.99. The Kier molecular flexibility index (Phi) is 11.7. The molecule has 0 amide bonds. The maximum Gasteiger partial charge on any atom is 0.338 e. The van der Waals surface area contributed by atoms with Crippen LogP contribution in [0.1, 0.15) is 31.8 Å². The first-order chi connectivity index (χ1) is 23.6. The van der Waals surface area contributed by atoms with E-state index in [1.54, 1.807) is 48.5 Å². The fourth-order valence-corrected chi connectivity index (χ4v) is 6.52. The highest BCUT2D eigenvalue weighted by atomic mass is 32.2. The first-order valence-electron chi connectivity index (χ1n) is 15.8. The molecular weight excluding hydrogens is 625 g/mol. The minimum atomic E-state index is -0.930. The number of ether oxygens (including phenoxy) is 5. The monoisotopic (exact) mass is 660 g/mol. The van der Waals surface area contributed by atoms with Gasteiger partial charge in [0.25, 0.3) is 0 Å². The number of carbonyl (C=O) groups excluding carboxylic acids is 2. The summed E-state index contributed by atoms with van der Waals surface area (Å²) in [5, 5.41) is 0. The fraction of sp³-hybridized carbons (Fsp3) is 0.200. The molecule has 1 aliphatic rings. The van der Waals surface area contributed by atoms with Crippen molar-refractivity contribution in [3.8, 4) is 0 Å². The molecule has 1 aliphatic heterocycles. The molecule has 5 atom stereocenters. The van der Waals surface area contributed by atoms with E-state index in [2.05, 4.69) is 0 Å². The number of benzene rings is 5. The number of thioether (sulfide) groups is 1. The highest BCUT2D eigenvalue weighted by Gasteiger charge is 2.50. The topological polar surface area (TPSA) is 80.3 Å². The van der Waals surface area contributed by atoms with Crippen molar-refractivity contribution in [3.05, 3.63) is 174 Å². The molecule has 0 aromatic heterocycles. The van der Waals surface area contributed by atoms with Gasteiger partial charge in [0.15, 0.2) is 6.10 Å². The summed E-state index contributed by atoms with van der Waals surface area (Å²) in [5.74, 6) is -1.01. The van der Waals surface area contributed by atoms with Crippen LogP contribution in [0.2, 0.25) is 0 Å². The zero-order chi connectivity index (χ0) is 33.0. The van der Waals surface area contributed by atoms with Crippen LogP contribution in [0, 0.1) is 0 Å². The Morgan fingerprint density at radius 2 is 1.00 bits per heavy atom. The summed E-state index contributed by atoms with van der Waals surface area (Å²) in [5.41, 5.74) is 2.04. The number of hydrogen-bond donors (Lipinski definition) is 0. The van der Waals surface area contributed by atoms with E-state index in [-0.39, 0.29) is 19.8 Å². The first kappa shape index (κ1) is 33.2. The molecule has 1 heterocycles. The van der Waals surface area contributed by atoms with Crippen LogP contribution in [0.5, 0.6) is 0 Å². The lowest BCUT2D eigenvalue weighted by Crippen LogP contribution is -2.61. The van der Waals surface area contributed by atoms with Crippen molar-refractivity contribution in [1.29, 1.82) is 0 Å². The summed E-state index contributed by atoms with van der Waals surface area (Å²) >= 11 is 1.45. The minimum Gasteiger partial charge on any atom is -0.459 e. The molecule has 1 saturated heterocycles. The second kappa shape index (κ2) is 16.9. The second-order valence-corrected chi connectivity index (χ2v) is 12.4. The predicted octanol–water partition coefficient (Wildman–Crippen LogP) is 7.76. The van der Waals surface area contributed by atoms with Gasteiger partial charge in [-0.1, -0.05) is 127 Å². The molecule has 5 aromatic rings. The summed E-state index contributed by atoms with van der Waals surface area (Å²) in [7, 11) is 0. The van der Waals surface area contributed by atoms with Gasteiger partial charge in [-0.2, -0.15) is 0 Å². The lowest BCUT2D eigenvalue weighted by atomic mass is 9.98. The number of esters is 2. The van der Waals surface area contributed by atoms with Gasteiger partial charge in [-0.05, 0) is 47.5 Å². The van der Waals surface area contributed by atoms with E-state index in [0.29, 0.717) is 11.1 Å². The van der Waals surface area contributed by atoms with E-state index < -0.39 is 41.8 Å². The number of hydrogen-bond acceptors (Lipinski definition) is 8. The van der Waals surface area contributed by atoms with Gasteiger partial charge in [0.2, 0.25) is 0 Å². The van der Waals surface area contributed by atoms with Crippen LogP contribution < -0.4 is 0 Å². The molecule has 8 heteroatoms. The molecule has 1 fully saturated rings. The molecule has 0 unspecified atom stereocenters. The van der Waals surface area contributed by atoms with E-state index in [9.17, 15) is 9.59 Å². The summed E-state index contributed by atoms with van der Waals surface area (Å²) in [6.07, 6.45) is -3.34. The fourth-order valence-electron chi connectivity index (χ4n) is 5.37. The Labute approximate surface area is 284 Å². The van der Waals surface area contributed by atoms with Crippen molar-refractivity contribution >= 4 is 23.7 Å². The summed E-state index contributed by atoms with van der Waals surface area (Å²) in [6, 6.07) is 46.9. The smallest absolute Gasteiger partial charge is 0.338 e. The number of rotatable bonds is 13. The van der Waals surface area contributed by atoms with Crippen molar-refractivity contribution in [3.63, 3.8) is 0 Å². The third-order valence-corrected chi connectivity index (χ3v) is 8.95. The second-order valence-electron chi connectivity index (χ2n) is 11.2. The molecule has 48 heavy (non-hydrogen) atoms. The van der Waals surface area contributed by atoms with Crippen molar-refractivity contribution in [1.82, 2.24) is 0 Å². The van der Waals surface area contributed by atoms with E-state index in [1.807, 2.05) is 103 Å². The van der Waals surface area contributed by atoms with Crippen molar-refractivity contribution in [2.45, 2.75) is 48.0 Å². The van der Waals surface area contributed by atoms with Crippen molar-refractivity contribution in [2.24, 2.45) is 0 Å². The maximum absolute atomic E-state index is 13.7. The molecule has 0 radical (unpaired) electrons. The Balaban J connectivity index is 1.35. The molecule has 0 saturated carbocycles. The maximum atomic E-state index is 13.7. The molecule has 7 nitrogen and oxygen atoms in total. The van der Waals surface area contributed by atoms with Crippen LogP contribution in [0.25, 0.3) is 0 Å². The van der Waals surface area contributed by atoms with Gasteiger partial charge in [-0.3, -0.25) is 0 Å². The summed E-state index contributed by atoms with van der Waals surface area (Å²) in [6.45, 7) is 0.322. The van der Waals surface area contributed by atoms with E-state index in [1.165, 1.54) is 11.8 Å². The number of carbonyl (C=O) groups is 2. The van der Waals surface area contributed by atoms with Gasteiger partial charge in [0.1, 0.15) is 30.4 Å². The molecule has 0 spiro atoms. The Bertz CT molecular complexity index is 1710. The Morgan fingerprint density at radius 1 is 0.542 bits per heavy atom. The Hall–Kier alpha value is -4.73. The lowest BCUT2D eigenvalue weighted by Gasteiger charge is -2.45. The van der Waals surface area contributed by atoms with Crippen LogP contribution in [0.4, 0.5) is 0 Å². The SMILES string of the molecule is O=C(OC[C@H]1O[C@H](Sc2ccccc2)[C@@H](OCc2ccccc2)[C@@H](OC(=O)c2ccccc2)[C@@H]1OCc1ccccc1)c1ccccc1. The van der Waals surface area contributed by atoms with Gasteiger partial charge in [-0.25, -0.2) is 9.59 Å². The zero-order valence-electron chi connectivity index (χ0n) is 26.2. The largest absolute Gasteiger partial charge is 0.459 e. The van der Waals surface area contributed by atoms with Crippen LogP contribution in [0.3, 0.4) is 0 Å². The van der Waals surface area contributed by atoms with Gasteiger partial charge in [0.05, 0.1) is 24.3 Å². The normalized spacial score (nSPS) is 20.5.